The van der Waals surface area contributed by atoms with E-state index in [1.54, 1.807) is 6.92 Å². The highest BCUT2D eigenvalue weighted by molar-refractivity contribution is 5.56. The van der Waals surface area contributed by atoms with Gasteiger partial charge in [-0.1, -0.05) is 0 Å². The Labute approximate surface area is 59.0 Å². The molecule has 0 bridgehead atoms. The Balaban J connectivity index is 3.22. The molecule has 4 heteroatoms. The number of rotatable bonds is 3. The molecule has 4 nitrogen and oxygen atoms in total. The number of carboxylic acid groups (broad SMARTS) is 1. The van der Waals surface area contributed by atoms with Gasteiger partial charge in [0, 0.05) is 5.92 Å². The van der Waals surface area contributed by atoms with Gasteiger partial charge in [0.1, 0.15) is 0 Å². The molecule has 0 heterocycles. The average molecular weight is 143 g/mol. The molecule has 0 rings (SSSR count). The maximum Gasteiger partial charge on any atom is 0.505 e. The van der Waals surface area contributed by atoms with Gasteiger partial charge in [0.15, 0.2) is 0 Å². The van der Waals surface area contributed by atoms with Crippen molar-refractivity contribution < 1.29 is 14.6 Å². The Kier molecular flexibility index (Phi) is 4.05. The Bertz CT molecular complexity index is 150. The summed E-state index contributed by atoms with van der Waals surface area (Å²) in [5, 5.41) is 16.2. The van der Waals surface area contributed by atoms with Crippen LogP contribution in [0.25, 0.3) is 0 Å². The number of carbonyl (C=O) groups is 1. The van der Waals surface area contributed by atoms with E-state index in [0.29, 0.717) is 6.42 Å². The Morgan fingerprint density at radius 2 is 2.50 bits per heavy atom. The van der Waals surface area contributed by atoms with Crippen molar-refractivity contribution in [3.63, 3.8) is 0 Å². The highest BCUT2D eigenvalue weighted by Gasteiger charge is 2.00. The van der Waals surface area contributed by atoms with E-state index in [1.807, 2.05) is 6.07 Å². The van der Waals surface area contributed by atoms with Gasteiger partial charge in [-0.25, -0.2) is 4.79 Å². The molecule has 0 aromatic carbocycles. The van der Waals surface area contributed by atoms with Crippen molar-refractivity contribution >= 4 is 6.16 Å². The monoisotopic (exact) mass is 143 g/mol. The molecule has 0 saturated carbocycles. The lowest BCUT2D eigenvalue weighted by Crippen LogP contribution is -2.04. The van der Waals surface area contributed by atoms with Gasteiger partial charge in [0.25, 0.3) is 0 Å². The predicted molar refractivity (Wildman–Crippen MR) is 33.4 cm³/mol. The van der Waals surface area contributed by atoms with E-state index >= 15 is 0 Å². The molecular weight excluding hydrogens is 134 g/mol. The van der Waals surface area contributed by atoms with Crippen molar-refractivity contribution in [3.8, 4) is 6.07 Å². The van der Waals surface area contributed by atoms with Gasteiger partial charge in [0.05, 0.1) is 12.7 Å². The van der Waals surface area contributed by atoms with Crippen LogP contribution < -0.4 is 0 Å². The minimum Gasteiger partial charge on any atom is -0.450 e. The average Bonchev–Trinajstić information content (AvgIpc) is 1.87. The van der Waals surface area contributed by atoms with Gasteiger partial charge in [0.2, 0.25) is 0 Å². The largest absolute Gasteiger partial charge is 0.505 e. The first kappa shape index (κ1) is 8.76. The first-order valence-electron chi connectivity index (χ1n) is 2.92. The molecule has 1 atom stereocenters. The van der Waals surface area contributed by atoms with E-state index in [0.717, 1.165) is 0 Å². The van der Waals surface area contributed by atoms with Crippen LogP contribution in [0.2, 0.25) is 0 Å². The molecule has 0 aromatic heterocycles. The lowest BCUT2D eigenvalue weighted by Gasteiger charge is -1.99. The Hall–Kier alpha value is -1.24. The lowest BCUT2D eigenvalue weighted by atomic mass is 10.1. The fourth-order valence-corrected chi connectivity index (χ4v) is 0.388. The van der Waals surface area contributed by atoms with Crippen LogP contribution in [0.1, 0.15) is 13.3 Å². The summed E-state index contributed by atoms with van der Waals surface area (Å²) in [4.78, 5) is 9.76. The number of hydrogen-bond acceptors (Lipinski definition) is 3. The van der Waals surface area contributed by atoms with Crippen molar-refractivity contribution in [1.82, 2.24) is 0 Å². The highest BCUT2D eigenvalue weighted by atomic mass is 16.7. The standard InChI is InChI=1S/C6H9NO3/c1-5(4-7)2-3-10-6(8)9/h5H,2-3H2,1H3,(H,8,9). The summed E-state index contributed by atoms with van der Waals surface area (Å²) >= 11 is 0. The zero-order valence-electron chi connectivity index (χ0n) is 5.70. The summed E-state index contributed by atoms with van der Waals surface area (Å²) in [5.74, 6) is -0.139. The van der Waals surface area contributed by atoms with Gasteiger partial charge in [-0.15, -0.1) is 0 Å². The van der Waals surface area contributed by atoms with E-state index in [-0.39, 0.29) is 12.5 Å². The Morgan fingerprint density at radius 3 is 2.90 bits per heavy atom. The number of hydrogen-bond donors (Lipinski definition) is 1. The highest BCUT2D eigenvalue weighted by Crippen LogP contribution is 1.98. The van der Waals surface area contributed by atoms with Gasteiger partial charge in [-0.05, 0) is 13.3 Å². The van der Waals surface area contributed by atoms with Crippen molar-refractivity contribution in [3.05, 3.63) is 0 Å². The first-order chi connectivity index (χ1) is 4.66. The minimum absolute atomic E-state index is 0.101. The fraction of sp³-hybridized carbons (Fsp3) is 0.667. The molecule has 1 unspecified atom stereocenters. The van der Waals surface area contributed by atoms with E-state index < -0.39 is 6.16 Å². The topological polar surface area (TPSA) is 70.3 Å². The summed E-state index contributed by atoms with van der Waals surface area (Å²) in [7, 11) is 0. The molecule has 0 aliphatic heterocycles. The number of nitriles is 1. The van der Waals surface area contributed by atoms with Gasteiger partial charge >= 0.3 is 6.16 Å². The molecule has 0 aliphatic carbocycles. The molecule has 0 radical (unpaired) electrons. The Morgan fingerprint density at radius 1 is 1.90 bits per heavy atom. The summed E-state index contributed by atoms with van der Waals surface area (Å²) in [6.07, 6.45) is -0.826. The second-order valence-electron chi connectivity index (χ2n) is 1.93. The maximum atomic E-state index is 9.76. The van der Waals surface area contributed by atoms with Crippen molar-refractivity contribution in [2.24, 2.45) is 5.92 Å². The van der Waals surface area contributed by atoms with Crippen LogP contribution in [-0.4, -0.2) is 17.9 Å². The fourth-order valence-electron chi connectivity index (χ4n) is 0.388. The van der Waals surface area contributed by atoms with Crippen LogP contribution in [0.3, 0.4) is 0 Å². The van der Waals surface area contributed by atoms with E-state index in [1.165, 1.54) is 0 Å². The third-order valence-electron chi connectivity index (χ3n) is 0.997. The smallest absolute Gasteiger partial charge is 0.450 e. The first-order valence-corrected chi connectivity index (χ1v) is 2.92. The van der Waals surface area contributed by atoms with Crippen LogP contribution >= 0.6 is 0 Å². The summed E-state index contributed by atoms with van der Waals surface area (Å²) in [6.45, 7) is 1.81. The van der Waals surface area contributed by atoms with Crippen LogP contribution in [0, 0.1) is 17.2 Å². The van der Waals surface area contributed by atoms with Crippen LogP contribution in [0.5, 0.6) is 0 Å². The van der Waals surface area contributed by atoms with Crippen molar-refractivity contribution in [1.29, 1.82) is 5.26 Å². The molecule has 10 heavy (non-hydrogen) atoms. The summed E-state index contributed by atoms with van der Waals surface area (Å²) in [6, 6.07) is 1.97. The van der Waals surface area contributed by atoms with Crippen LogP contribution in [0.4, 0.5) is 4.79 Å². The van der Waals surface area contributed by atoms with Crippen LogP contribution in [-0.2, 0) is 4.74 Å². The van der Waals surface area contributed by atoms with Gasteiger partial charge in [-0.3, -0.25) is 0 Å². The predicted octanol–water partition coefficient (Wildman–Crippen LogP) is 1.23. The second kappa shape index (κ2) is 4.62. The molecule has 56 valence electrons. The van der Waals surface area contributed by atoms with E-state index in [2.05, 4.69) is 4.74 Å². The quantitative estimate of drug-likeness (QED) is 0.603. The summed E-state index contributed by atoms with van der Waals surface area (Å²) in [5.41, 5.74) is 0. The zero-order valence-corrected chi connectivity index (χ0v) is 5.70. The molecule has 0 amide bonds. The normalized spacial score (nSPS) is 11.6. The number of ether oxygens (including phenoxy) is 1. The third kappa shape index (κ3) is 4.91. The third-order valence-corrected chi connectivity index (χ3v) is 0.997. The summed E-state index contributed by atoms with van der Waals surface area (Å²) < 4.78 is 4.18. The minimum atomic E-state index is -1.29. The van der Waals surface area contributed by atoms with E-state index in [4.69, 9.17) is 10.4 Å². The molecule has 0 fully saturated rings. The van der Waals surface area contributed by atoms with Gasteiger partial charge < -0.3 is 9.84 Å². The number of nitrogens with zero attached hydrogens (tertiary/aromatic N) is 1. The molecule has 0 spiro atoms. The SMILES string of the molecule is CC(C#N)CCOC(=O)O. The van der Waals surface area contributed by atoms with Gasteiger partial charge in [-0.2, -0.15) is 5.26 Å². The molecule has 1 N–H and O–H groups in total. The molecule has 0 saturated heterocycles. The molecule has 0 aliphatic rings. The lowest BCUT2D eigenvalue weighted by molar-refractivity contribution is 0.0886. The van der Waals surface area contributed by atoms with E-state index in [9.17, 15) is 4.79 Å². The van der Waals surface area contributed by atoms with Crippen LogP contribution in [0.15, 0.2) is 0 Å². The molecular formula is C6H9NO3. The second-order valence-corrected chi connectivity index (χ2v) is 1.93. The zero-order chi connectivity index (χ0) is 7.98. The maximum absolute atomic E-state index is 9.76. The van der Waals surface area contributed by atoms with Crippen molar-refractivity contribution in [2.75, 3.05) is 6.61 Å². The van der Waals surface area contributed by atoms with Crippen molar-refractivity contribution in [2.45, 2.75) is 13.3 Å². The molecule has 0 aromatic rings.